The maximum Gasteiger partial charge on any atom is 0.000749 e. The van der Waals surface area contributed by atoms with E-state index in [0.717, 1.165) is 18.4 Å². The van der Waals surface area contributed by atoms with Crippen LogP contribution < -0.4 is 5.73 Å². The molecule has 0 aromatic rings. The minimum absolute atomic E-state index is 0.772. The van der Waals surface area contributed by atoms with E-state index in [0.29, 0.717) is 0 Å². The molecule has 2 unspecified atom stereocenters. The SMILES string of the molecule is CC1CCCN(CC(C)CCN)CC1. The molecule has 0 amide bonds. The summed E-state index contributed by atoms with van der Waals surface area (Å²) in [7, 11) is 0. The zero-order valence-corrected chi connectivity index (χ0v) is 9.84. The number of likely N-dealkylation sites (tertiary alicyclic amines) is 1. The first kappa shape index (κ1) is 12.0. The fourth-order valence-corrected chi connectivity index (χ4v) is 2.32. The zero-order chi connectivity index (χ0) is 10.4. The molecule has 1 saturated heterocycles. The van der Waals surface area contributed by atoms with E-state index in [1.54, 1.807) is 0 Å². The van der Waals surface area contributed by atoms with Crippen LogP contribution in [0, 0.1) is 11.8 Å². The molecule has 0 spiro atoms. The first-order valence-electron chi connectivity index (χ1n) is 6.14. The monoisotopic (exact) mass is 198 g/mol. The summed E-state index contributed by atoms with van der Waals surface area (Å²) in [4.78, 5) is 2.63. The summed E-state index contributed by atoms with van der Waals surface area (Å²) in [6.07, 6.45) is 5.36. The molecule has 0 saturated carbocycles. The molecular weight excluding hydrogens is 172 g/mol. The van der Waals surface area contributed by atoms with Gasteiger partial charge in [-0.1, -0.05) is 13.8 Å². The Morgan fingerprint density at radius 3 is 2.86 bits per heavy atom. The highest BCUT2D eigenvalue weighted by Gasteiger charge is 2.15. The second kappa shape index (κ2) is 6.41. The largest absolute Gasteiger partial charge is 0.330 e. The van der Waals surface area contributed by atoms with Gasteiger partial charge in [0, 0.05) is 6.54 Å². The molecule has 0 radical (unpaired) electrons. The van der Waals surface area contributed by atoms with Gasteiger partial charge >= 0.3 is 0 Å². The van der Waals surface area contributed by atoms with Crippen molar-refractivity contribution in [2.75, 3.05) is 26.2 Å². The average molecular weight is 198 g/mol. The highest BCUT2D eigenvalue weighted by Crippen LogP contribution is 2.17. The van der Waals surface area contributed by atoms with Gasteiger partial charge in [0.2, 0.25) is 0 Å². The van der Waals surface area contributed by atoms with Gasteiger partial charge in [-0.25, -0.2) is 0 Å². The van der Waals surface area contributed by atoms with E-state index in [1.807, 2.05) is 0 Å². The topological polar surface area (TPSA) is 29.3 Å². The second-order valence-electron chi connectivity index (χ2n) is 5.02. The van der Waals surface area contributed by atoms with Crippen molar-refractivity contribution in [2.24, 2.45) is 17.6 Å². The molecule has 2 heteroatoms. The summed E-state index contributed by atoms with van der Waals surface area (Å²) in [5, 5.41) is 0. The van der Waals surface area contributed by atoms with Crippen LogP contribution in [0.2, 0.25) is 0 Å². The van der Waals surface area contributed by atoms with Crippen molar-refractivity contribution in [1.82, 2.24) is 4.90 Å². The van der Waals surface area contributed by atoms with Gasteiger partial charge in [-0.15, -0.1) is 0 Å². The number of rotatable bonds is 4. The van der Waals surface area contributed by atoms with Gasteiger partial charge in [0.25, 0.3) is 0 Å². The van der Waals surface area contributed by atoms with E-state index in [2.05, 4.69) is 18.7 Å². The zero-order valence-electron chi connectivity index (χ0n) is 9.84. The molecular formula is C12H26N2. The lowest BCUT2D eigenvalue weighted by Crippen LogP contribution is -2.30. The lowest BCUT2D eigenvalue weighted by atomic mass is 10.0. The van der Waals surface area contributed by atoms with Gasteiger partial charge in [0.15, 0.2) is 0 Å². The molecule has 1 heterocycles. The molecule has 84 valence electrons. The van der Waals surface area contributed by atoms with Crippen molar-refractivity contribution >= 4 is 0 Å². The smallest absolute Gasteiger partial charge is 0.000749 e. The van der Waals surface area contributed by atoms with Gasteiger partial charge in [-0.3, -0.25) is 0 Å². The van der Waals surface area contributed by atoms with Crippen LogP contribution in [0.25, 0.3) is 0 Å². The Labute approximate surface area is 88.8 Å². The standard InChI is InChI=1S/C12H26N2/c1-11-4-3-8-14(9-6-11)10-12(2)5-7-13/h11-12H,3-10,13H2,1-2H3. The second-order valence-corrected chi connectivity index (χ2v) is 5.02. The molecule has 14 heavy (non-hydrogen) atoms. The number of hydrogen-bond donors (Lipinski definition) is 1. The summed E-state index contributed by atoms with van der Waals surface area (Å²) in [5.41, 5.74) is 5.57. The van der Waals surface area contributed by atoms with Crippen molar-refractivity contribution in [1.29, 1.82) is 0 Å². The van der Waals surface area contributed by atoms with Crippen LogP contribution in [0.1, 0.15) is 39.5 Å². The maximum absolute atomic E-state index is 5.57. The Kier molecular flexibility index (Phi) is 5.49. The Morgan fingerprint density at radius 1 is 1.36 bits per heavy atom. The number of nitrogens with zero attached hydrogens (tertiary/aromatic N) is 1. The lowest BCUT2D eigenvalue weighted by molar-refractivity contribution is 0.239. The van der Waals surface area contributed by atoms with Crippen molar-refractivity contribution in [3.63, 3.8) is 0 Å². The molecule has 0 aromatic carbocycles. The number of nitrogens with two attached hydrogens (primary N) is 1. The Hall–Kier alpha value is -0.0800. The fraction of sp³-hybridized carbons (Fsp3) is 1.00. The Balaban J connectivity index is 2.22. The Bertz CT molecular complexity index is 147. The van der Waals surface area contributed by atoms with E-state index in [9.17, 15) is 0 Å². The molecule has 0 aliphatic carbocycles. The van der Waals surface area contributed by atoms with E-state index in [-0.39, 0.29) is 0 Å². The molecule has 2 nitrogen and oxygen atoms in total. The third kappa shape index (κ3) is 4.43. The fourth-order valence-electron chi connectivity index (χ4n) is 2.32. The third-order valence-corrected chi connectivity index (χ3v) is 3.34. The summed E-state index contributed by atoms with van der Waals surface area (Å²) in [5.74, 6) is 1.71. The minimum atomic E-state index is 0.772. The Morgan fingerprint density at radius 2 is 2.14 bits per heavy atom. The third-order valence-electron chi connectivity index (χ3n) is 3.34. The van der Waals surface area contributed by atoms with Crippen LogP contribution in [0.15, 0.2) is 0 Å². The van der Waals surface area contributed by atoms with Gasteiger partial charge in [-0.2, -0.15) is 0 Å². The van der Waals surface area contributed by atoms with Crippen LogP contribution in [0.4, 0.5) is 0 Å². The normalized spacial score (nSPS) is 27.2. The summed E-state index contributed by atoms with van der Waals surface area (Å²) >= 11 is 0. The maximum atomic E-state index is 5.57. The predicted octanol–water partition coefficient (Wildman–Crippen LogP) is 2.09. The van der Waals surface area contributed by atoms with E-state index < -0.39 is 0 Å². The van der Waals surface area contributed by atoms with Crippen molar-refractivity contribution in [3.8, 4) is 0 Å². The van der Waals surface area contributed by atoms with Crippen molar-refractivity contribution < 1.29 is 0 Å². The van der Waals surface area contributed by atoms with E-state index >= 15 is 0 Å². The van der Waals surface area contributed by atoms with E-state index in [1.165, 1.54) is 45.3 Å². The first-order chi connectivity index (χ1) is 6.72. The quantitative estimate of drug-likeness (QED) is 0.749. The highest BCUT2D eigenvalue weighted by molar-refractivity contribution is 4.69. The van der Waals surface area contributed by atoms with Gasteiger partial charge in [-0.05, 0) is 57.2 Å². The minimum Gasteiger partial charge on any atom is -0.330 e. The van der Waals surface area contributed by atoms with Crippen molar-refractivity contribution in [2.45, 2.75) is 39.5 Å². The van der Waals surface area contributed by atoms with Crippen LogP contribution in [0.3, 0.4) is 0 Å². The van der Waals surface area contributed by atoms with Crippen LogP contribution >= 0.6 is 0 Å². The number of hydrogen-bond acceptors (Lipinski definition) is 2. The summed E-state index contributed by atoms with van der Waals surface area (Å²) in [6.45, 7) is 9.40. The molecule has 0 bridgehead atoms. The van der Waals surface area contributed by atoms with Gasteiger partial charge < -0.3 is 10.6 Å². The molecule has 2 atom stereocenters. The molecule has 2 N–H and O–H groups in total. The molecule has 1 rings (SSSR count). The molecule has 0 aromatic heterocycles. The summed E-state index contributed by atoms with van der Waals surface area (Å²) in [6, 6.07) is 0. The lowest BCUT2D eigenvalue weighted by Gasteiger charge is -2.23. The first-order valence-corrected chi connectivity index (χ1v) is 6.14. The van der Waals surface area contributed by atoms with Crippen molar-refractivity contribution in [3.05, 3.63) is 0 Å². The summed E-state index contributed by atoms with van der Waals surface area (Å²) < 4.78 is 0. The van der Waals surface area contributed by atoms with Crippen LogP contribution in [-0.2, 0) is 0 Å². The van der Waals surface area contributed by atoms with Gasteiger partial charge in [0.1, 0.15) is 0 Å². The molecule has 1 aliphatic heterocycles. The van der Waals surface area contributed by atoms with E-state index in [4.69, 9.17) is 5.73 Å². The predicted molar refractivity (Wildman–Crippen MR) is 62.3 cm³/mol. The van der Waals surface area contributed by atoms with Gasteiger partial charge in [0.05, 0.1) is 0 Å². The molecule has 1 fully saturated rings. The average Bonchev–Trinajstić information content (AvgIpc) is 2.32. The van der Waals surface area contributed by atoms with Crippen LogP contribution in [0.5, 0.6) is 0 Å². The highest BCUT2D eigenvalue weighted by atomic mass is 15.1. The molecule has 1 aliphatic rings. The van der Waals surface area contributed by atoms with Crippen LogP contribution in [-0.4, -0.2) is 31.1 Å².